The Morgan fingerprint density at radius 3 is 2.61 bits per heavy atom. The first-order valence-electron chi connectivity index (χ1n) is 5.87. The van der Waals surface area contributed by atoms with E-state index in [1.165, 1.54) is 6.07 Å². The second-order valence-electron chi connectivity index (χ2n) is 4.57. The third kappa shape index (κ3) is 2.45. The van der Waals surface area contributed by atoms with Crippen molar-refractivity contribution < 1.29 is 14.7 Å². The number of nitrogens with one attached hydrogen (secondary N) is 1. The predicted molar refractivity (Wildman–Crippen MR) is 67.9 cm³/mol. The van der Waals surface area contributed by atoms with Gasteiger partial charge in [0.15, 0.2) is 0 Å². The maximum absolute atomic E-state index is 11.9. The molecule has 18 heavy (non-hydrogen) atoms. The van der Waals surface area contributed by atoms with Crippen molar-refractivity contribution in [1.29, 1.82) is 0 Å². The number of aryl methyl sites for hydroxylation is 1. The highest BCUT2D eigenvalue weighted by atomic mass is 16.4. The fraction of sp³-hybridized carbons (Fsp3) is 0.385. The van der Waals surface area contributed by atoms with E-state index in [9.17, 15) is 9.59 Å². The van der Waals surface area contributed by atoms with Gasteiger partial charge in [-0.3, -0.25) is 0 Å². The zero-order valence-corrected chi connectivity index (χ0v) is 10.4. The number of hydrogen-bond acceptors (Lipinski definition) is 2. The van der Waals surface area contributed by atoms with Crippen LogP contribution in [0.3, 0.4) is 0 Å². The quantitative estimate of drug-likeness (QED) is 0.862. The number of carbonyl (C=O) groups is 2. The molecule has 2 N–H and O–H groups in total. The molecule has 0 radical (unpaired) electrons. The molecule has 2 rings (SSSR count). The Kier molecular flexibility index (Phi) is 3.23. The van der Waals surface area contributed by atoms with Crippen LogP contribution in [0.2, 0.25) is 0 Å². The molecule has 0 saturated heterocycles. The standard InChI is InChI=1S/C13H16N2O3/c1-8-4-3-5-10(12(16)17)11(8)14-13(18)15(2)9-6-7-9/h3-5,9H,6-7H2,1-2H3,(H,14,18)(H,16,17). The minimum atomic E-state index is -1.04. The average Bonchev–Trinajstić information content (AvgIpc) is 3.14. The number of anilines is 1. The summed E-state index contributed by atoms with van der Waals surface area (Å²) in [6.07, 6.45) is 2.03. The number of rotatable bonds is 3. The zero-order valence-electron chi connectivity index (χ0n) is 10.4. The molecule has 1 aliphatic carbocycles. The van der Waals surface area contributed by atoms with Crippen molar-refractivity contribution in [3.63, 3.8) is 0 Å². The lowest BCUT2D eigenvalue weighted by Crippen LogP contribution is -2.33. The number of urea groups is 1. The van der Waals surface area contributed by atoms with Crippen molar-refractivity contribution in [3.05, 3.63) is 29.3 Å². The lowest BCUT2D eigenvalue weighted by molar-refractivity contribution is 0.0698. The third-order valence-electron chi connectivity index (χ3n) is 3.15. The largest absolute Gasteiger partial charge is 0.478 e. The van der Waals surface area contributed by atoms with Crippen molar-refractivity contribution >= 4 is 17.7 Å². The highest BCUT2D eigenvalue weighted by molar-refractivity contribution is 6.01. The zero-order chi connectivity index (χ0) is 13.3. The van der Waals surface area contributed by atoms with Gasteiger partial charge >= 0.3 is 12.0 Å². The lowest BCUT2D eigenvalue weighted by Gasteiger charge is -2.19. The van der Waals surface area contributed by atoms with E-state index in [0.717, 1.165) is 18.4 Å². The number of hydrogen-bond donors (Lipinski definition) is 2. The van der Waals surface area contributed by atoms with Crippen LogP contribution in [0.25, 0.3) is 0 Å². The van der Waals surface area contributed by atoms with Crippen LogP contribution in [-0.2, 0) is 0 Å². The van der Waals surface area contributed by atoms with Gasteiger partial charge in [0.1, 0.15) is 0 Å². The summed E-state index contributed by atoms with van der Waals surface area (Å²) in [6.45, 7) is 1.78. The molecule has 96 valence electrons. The molecule has 0 spiro atoms. The van der Waals surface area contributed by atoms with Crippen molar-refractivity contribution in [1.82, 2.24) is 4.90 Å². The summed E-state index contributed by atoms with van der Waals surface area (Å²) in [6, 6.07) is 4.97. The number of carbonyl (C=O) groups excluding carboxylic acids is 1. The number of amides is 2. The Bertz CT molecular complexity index is 495. The number of carboxylic acids is 1. The fourth-order valence-electron chi connectivity index (χ4n) is 1.83. The molecule has 1 aromatic carbocycles. The number of benzene rings is 1. The van der Waals surface area contributed by atoms with Crippen molar-refractivity contribution in [2.75, 3.05) is 12.4 Å². The lowest BCUT2D eigenvalue weighted by atomic mass is 10.1. The Morgan fingerprint density at radius 1 is 1.39 bits per heavy atom. The summed E-state index contributed by atoms with van der Waals surface area (Å²) in [4.78, 5) is 24.7. The van der Waals surface area contributed by atoms with Gasteiger partial charge in [-0.2, -0.15) is 0 Å². The number of nitrogens with zero attached hydrogens (tertiary/aromatic N) is 1. The Balaban J connectivity index is 2.22. The molecule has 0 aliphatic heterocycles. The van der Waals surface area contributed by atoms with E-state index in [1.807, 2.05) is 0 Å². The molecule has 0 aromatic heterocycles. The maximum atomic E-state index is 11.9. The van der Waals surface area contributed by atoms with E-state index in [2.05, 4.69) is 5.32 Å². The van der Waals surface area contributed by atoms with Gasteiger partial charge in [-0.05, 0) is 31.4 Å². The molecule has 0 heterocycles. The minimum Gasteiger partial charge on any atom is -0.478 e. The monoisotopic (exact) mass is 248 g/mol. The van der Waals surface area contributed by atoms with Crippen molar-refractivity contribution in [2.24, 2.45) is 0 Å². The van der Waals surface area contributed by atoms with Crippen LogP contribution >= 0.6 is 0 Å². The predicted octanol–water partition coefficient (Wildman–Crippen LogP) is 2.32. The first-order chi connectivity index (χ1) is 8.50. The molecule has 5 nitrogen and oxygen atoms in total. The third-order valence-corrected chi connectivity index (χ3v) is 3.15. The van der Waals surface area contributed by atoms with Gasteiger partial charge in [-0.1, -0.05) is 12.1 Å². The fourth-order valence-corrected chi connectivity index (χ4v) is 1.83. The number of aromatic carboxylic acids is 1. The summed E-state index contributed by atoms with van der Waals surface area (Å²) >= 11 is 0. The normalized spacial score (nSPS) is 14.1. The molecule has 1 aromatic rings. The summed E-state index contributed by atoms with van der Waals surface area (Å²) in [5, 5.41) is 11.8. The number of para-hydroxylation sites is 1. The van der Waals surface area contributed by atoms with E-state index in [-0.39, 0.29) is 11.6 Å². The minimum absolute atomic E-state index is 0.118. The average molecular weight is 248 g/mol. The molecule has 0 atom stereocenters. The Morgan fingerprint density at radius 2 is 2.06 bits per heavy atom. The van der Waals surface area contributed by atoms with Crippen LogP contribution in [0.4, 0.5) is 10.5 Å². The highest BCUT2D eigenvalue weighted by Crippen LogP contribution is 2.27. The van der Waals surface area contributed by atoms with Crippen molar-refractivity contribution in [3.8, 4) is 0 Å². The molecular weight excluding hydrogens is 232 g/mol. The Hall–Kier alpha value is -2.04. The van der Waals surface area contributed by atoms with Crippen LogP contribution in [0, 0.1) is 6.92 Å². The second-order valence-corrected chi connectivity index (χ2v) is 4.57. The van der Waals surface area contributed by atoms with Crippen molar-refractivity contribution in [2.45, 2.75) is 25.8 Å². The van der Waals surface area contributed by atoms with Crippen LogP contribution in [0.5, 0.6) is 0 Å². The van der Waals surface area contributed by atoms with Gasteiger partial charge < -0.3 is 15.3 Å². The SMILES string of the molecule is Cc1cccc(C(=O)O)c1NC(=O)N(C)C1CC1. The molecule has 1 aliphatic rings. The van der Waals surface area contributed by atoms with Crippen LogP contribution in [-0.4, -0.2) is 35.1 Å². The second kappa shape index (κ2) is 4.68. The molecule has 0 unspecified atom stereocenters. The maximum Gasteiger partial charge on any atom is 0.337 e. The van der Waals surface area contributed by atoms with Gasteiger partial charge in [-0.25, -0.2) is 9.59 Å². The molecule has 1 saturated carbocycles. The van der Waals surface area contributed by atoms with E-state index in [1.54, 1.807) is 31.0 Å². The van der Waals surface area contributed by atoms with Crippen LogP contribution in [0.1, 0.15) is 28.8 Å². The van der Waals surface area contributed by atoms with Gasteiger partial charge in [0, 0.05) is 13.1 Å². The van der Waals surface area contributed by atoms with E-state index in [4.69, 9.17) is 5.11 Å². The van der Waals surface area contributed by atoms with Crippen LogP contribution < -0.4 is 5.32 Å². The van der Waals surface area contributed by atoms with E-state index in [0.29, 0.717) is 11.7 Å². The summed E-state index contributed by atoms with van der Waals surface area (Å²) in [7, 11) is 1.73. The van der Waals surface area contributed by atoms with E-state index >= 15 is 0 Å². The van der Waals surface area contributed by atoms with Gasteiger partial charge in [0.25, 0.3) is 0 Å². The first-order valence-corrected chi connectivity index (χ1v) is 5.87. The topological polar surface area (TPSA) is 69.6 Å². The van der Waals surface area contributed by atoms with Gasteiger partial charge in [0.05, 0.1) is 11.3 Å². The summed E-state index contributed by atoms with van der Waals surface area (Å²) < 4.78 is 0. The molecule has 1 fully saturated rings. The first kappa shape index (κ1) is 12.4. The smallest absolute Gasteiger partial charge is 0.337 e. The number of carboxylic acid groups (broad SMARTS) is 1. The molecule has 2 amide bonds. The van der Waals surface area contributed by atoms with Crippen LogP contribution in [0.15, 0.2) is 18.2 Å². The van der Waals surface area contributed by atoms with Gasteiger partial charge in [-0.15, -0.1) is 0 Å². The Labute approximate surface area is 105 Å². The van der Waals surface area contributed by atoms with Gasteiger partial charge in [0.2, 0.25) is 0 Å². The molecule has 5 heteroatoms. The van der Waals surface area contributed by atoms with E-state index < -0.39 is 5.97 Å². The summed E-state index contributed by atoms with van der Waals surface area (Å²) in [5.41, 5.74) is 1.24. The molecule has 0 bridgehead atoms. The highest BCUT2D eigenvalue weighted by Gasteiger charge is 2.30. The molecular formula is C13H16N2O3. The summed E-state index contributed by atoms with van der Waals surface area (Å²) in [5.74, 6) is -1.04.